The molecular weight excluding hydrogens is 326 g/mol. The largest absolute Gasteiger partial charge is 0.394 e. The molecule has 0 radical (unpaired) electrons. The Morgan fingerprint density at radius 3 is 2.95 bits per heavy atom. The number of nitrogens with zero attached hydrogens (tertiary/aromatic N) is 4. The number of rotatable bonds is 6. The third-order valence-electron chi connectivity index (χ3n) is 2.88. The van der Waals surface area contributed by atoms with Crippen LogP contribution in [0.25, 0.3) is 0 Å². The van der Waals surface area contributed by atoms with Crippen molar-refractivity contribution in [3.8, 4) is 0 Å². The minimum atomic E-state index is -0.263. The van der Waals surface area contributed by atoms with Crippen LogP contribution >= 0.6 is 15.9 Å². The summed E-state index contributed by atoms with van der Waals surface area (Å²) in [6.45, 7) is 0.713. The maximum absolute atomic E-state index is 11.9. The summed E-state index contributed by atoms with van der Waals surface area (Å²) in [6, 6.07) is 0. The first-order chi connectivity index (χ1) is 9.63. The van der Waals surface area contributed by atoms with Gasteiger partial charge in [-0.15, -0.1) is 0 Å². The molecule has 0 atom stereocenters. The van der Waals surface area contributed by atoms with Crippen LogP contribution in [-0.2, 0) is 20.0 Å². The Morgan fingerprint density at radius 1 is 1.50 bits per heavy atom. The van der Waals surface area contributed by atoms with Crippen molar-refractivity contribution < 1.29 is 5.11 Å². The topological polar surface area (TPSA) is 85.0 Å². The maximum atomic E-state index is 11.9. The monoisotopic (exact) mass is 341 g/mol. The summed E-state index contributed by atoms with van der Waals surface area (Å²) in [4.78, 5) is 16.1. The van der Waals surface area contributed by atoms with E-state index in [-0.39, 0.29) is 18.7 Å². The van der Waals surface area contributed by atoms with E-state index in [2.05, 4.69) is 31.3 Å². The van der Waals surface area contributed by atoms with Crippen LogP contribution in [0.3, 0.4) is 0 Å². The van der Waals surface area contributed by atoms with Gasteiger partial charge in [0.1, 0.15) is 10.3 Å². The smallest absolute Gasteiger partial charge is 0.283 e. The molecule has 0 unspecified atom stereocenters. The van der Waals surface area contributed by atoms with Gasteiger partial charge in [-0.05, 0) is 15.9 Å². The third kappa shape index (κ3) is 3.26. The number of anilines is 1. The van der Waals surface area contributed by atoms with E-state index in [4.69, 9.17) is 5.11 Å². The predicted molar refractivity (Wildman–Crippen MR) is 78.7 cm³/mol. The highest BCUT2D eigenvalue weighted by atomic mass is 79.9. The van der Waals surface area contributed by atoms with Crippen molar-refractivity contribution in [1.82, 2.24) is 19.3 Å². The molecule has 2 aromatic rings. The summed E-state index contributed by atoms with van der Waals surface area (Å²) in [6.07, 6.45) is 5.96. The molecule has 0 aliphatic heterocycles. The van der Waals surface area contributed by atoms with Crippen LogP contribution in [0, 0.1) is 0 Å². The molecule has 0 saturated carbocycles. The molecule has 2 heterocycles. The lowest BCUT2D eigenvalue weighted by atomic mass is 10.3. The highest BCUT2D eigenvalue weighted by Crippen LogP contribution is 2.15. The summed E-state index contributed by atoms with van der Waals surface area (Å²) in [7, 11) is 1.94. The van der Waals surface area contributed by atoms with Crippen molar-refractivity contribution in [3.05, 3.63) is 39.2 Å². The second kappa shape index (κ2) is 6.67. The number of halogens is 1. The molecule has 20 heavy (non-hydrogen) atoms. The average molecular weight is 342 g/mol. The van der Waals surface area contributed by atoms with E-state index in [1.165, 1.54) is 4.68 Å². The van der Waals surface area contributed by atoms with Gasteiger partial charge in [0.05, 0.1) is 25.0 Å². The number of aliphatic hydroxyl groups is 1. The second-order valence-electron chi connectivity index (χ2n) is 4.26. The molecule has 0 spiro atoms. The lowest BCUT2D eigenvalue weighted by Crippen LogP contribution is -2.26. The van der Waals surface area contributed by atoms with Crippen LogP contribution in [0.1, 0.15) is 5.82 Å². The average Bonchev–Trinajstić information content (AvgIpc) is 2.84. The van der Waals surface area contributed by atoms with E-state index >= 15 is 0 Å². The molecule has 0 saturated heterocycles. The van der Waals surface area contributed by atoms with Gasteiger partial charge in [0.25, 0.3) is 5.56 Å². The maximum Gasteiger partial charge on any atom is 0.283 e. The third-order valence-corrected chi connectivity index (χ3v) is 3.65. The van der Waals surface area contributed by atoms with E-state index in [9.17, 15) is 4.79 Å². The number of nitrogens with one attached hydrogen (secondary N) is 1. The van der Waals surface area contributed by atoms with Crippen LogP contribution in [-0.4, -0.2) is 37.6 Å². The molecule has 2 aromatic heterocycles. The van der Waals surface area contributed by atoms with Crippen molar-refractivity contribution in [2.45, 2.75) is 13.0 Å². The molecule has 0 bridgehead atoms. The van der Waals surface area contributed by atoms with E-state index in [1.807, 2.05) is 17.8 Å². The summed E-state index contributed by atoms with van der Waals surface area (Å²) in [5.41, 5.74) is 0.374. The number of aryl methyl sites for hydroxylation is 1. The molecule has 2 rings (SSSR count). The Labute approximate surface area is 124 Å². The van der Waals surface area contributed by atoms with Crippen LogP contribution in [0.2, 0.25) is 0 Å². The fourth-order valence-electron chi connectivity index (χ4n) is 1.79. The first-order valence-electron chi connectivity index (χ1n) is 6.20. The van der Waals surface area contributed by atoms with Crippen molar-refractivity contribution in [3.63, 3.8) is 0 Å². The molecule has 0 aliphatic rings. The quantitative estimate of drug-likeness (QED) is 0.793. The molecule has 7 nitrogen and oxygen atoms in total. The van der Waals surface area contributed by atoms with Gasteiger partial charge in [0, 0.05) is 32.4 Å². The van der Waals surface area contributed by atoms with Gasteiger partial charge < -0.3 is 15.0 Å². The van der Waals surface area contributed by atoms with E-state index in [0.29, 0.717) is 16.7 Å². The molecule has 0 amide bonds. The van der Waals surface area contributed by atoms with Gasteiger partial charge in [-0.2, -0.15) is 5.10 Å². The molecule has 0 aliphatic carbocycles. The van der Waals surface area contributed by atoms with Crippen molar-refractivity contribution >= 4 is 21.6 Å². The first kappa shape index (κ1) is 14.7. The summed E-state index contributed by atoms with van der Waals surface area (Å²) < 4.78 is 3.59. The van der Waals surface area contributed by atoms with Crippen LogP contribution in [0.4, 0.5) is 5.69 Å². The zero-order chi connectivity index (χ0) is 14.5. The molecule has 0 fully saturated rings. The van der Waals surface area contributed by atoms with E-state index in [1.54, 1.807) is 12.4 Å². The van der Waals surface area contributed by atoms with E-state index in [0.717, 1.165) is 12.2 Å². The molecule has 8 heteroatoms. The molecule has 108 valence electrons. The summed E-state index contributed by atoms with van der Waals surface area (Å²) >= 11 is 3.26. The Hall–Kier alpha value is -1.67. The number of aromatic nitrogens is 4. The number of hydrogen-bond donors (Lipinski definition) is 2. The van der Waals surface area contributed by atoms with E-state index < -0.39 is 0 Å². The van der Waals surface area contributed by atoms with Crippen LogP contribution in [0.15, 0.2) is 27.9 Å². The summed E-state index contributed by atoms with van der Waals surface area (Å²) in [5, 5.41) is 16.0. The fourth-order valence-corrected chi connectivity index (χ4v) is 2.24. The van der Waals surface area contributed by atoms with Gasteiger partial charge in [-0.25, -0.2) is 9.67 Å². The molecular formula is C12H16BrN5O2. The van der Waals surface area contributed by atoms with Crippen LogP contribution < -0.4 is 10.9 Å². The second-order valence-corrected chi connectivity index (χ2v) is 5.05. The lowest BCUT2D eigenvalue weighted by molar-refractivity contribution is 0.266. The van der Waals surface area contributed by atoms with Crippen molar-refractivity contribution in [2.24, 2.45) is 7.05 Å². The highest BCUT2D eigenvalue weighted by molar-refractivity contribution is 9.10. The molecule has 2 N–H and O–H groups in total. The number of aliphatic hydroxyl groups excluding tert-OH is 1. The zero-order valence-corrected chi connectivity index (χ0v) is 12.7. The predicted octanol–water partition coefficient (Wildman–Crippen LogP) is 0.386. The molecule has 0 aromatic carbocycles. The Balaban J connectivity index is 2.02. The zero-order valence-electron chi connectivity index (χ0n) is 11.1. The number of hydrogen-bond acceptors (Lipinski definition) is 5. The Morgan fingerprint density at radius 2 is 2.30 bits per heavy atom. The minimum Gasteiger partial charge on any atom is -0.394 e. The standard InChI is InChI=1S/C12H16BrN5O2/c1-17-5-4-15-10(17)2-3-14-9-8-16-18(6-7-19)12(20)11(9)13/h4-5,8,14,19H,2-3,6-7H2,1H3. The lowest BCUT2D eigenvalue weighted by Gasteiger charge is -2.09. The first-order valence-corrected chi connectivity index (χ1v) is 6.99. The minimum absolute atomic E-state index is 0.120. The fraction of sp³-hybridized carbons (Fsp3) is 0.417. The van der Waals surface area contributed by atoms with Gasteiger partial charge in [0.15, 0.2) is 0 Å². The van der Waals surface area contributed by atoms with Gasteiger partial charge in [0.2, 0.25) is 0 Å². The van der Waals surface area contributed by atoms with Gasteiger partial charge in [-0.1, -0.05) is 0 Å². The van der Waals surface area contributed by atoms with Gasteiger partial charge in [-0.3, -0.25) is 4.79 Å². The Bertz CT molecular complexity index is 637. The summed E-state index contributed by atoms with van der Waals surface area (Å²) in [5.74, 6) is 0.968. The Kier molecular flexibility index (Phi) is 4.91. The normalized spacial score (nSPS) is 10.8. The highest BCUT2D eigenvalue weighted by Gasteiger charge is 2.08. The van der Waals surface area contributed by atoms with Gasteiger partial charge >= 0.3 is 0 Å². The van der Waals surface area contributed by atoms with Crippen LogP contribution in [0.5, 0.6) is 0 Å². The van der Waals surface area contributed by atoms with Crippen molar-refractivity contribution in [1.29, 1.82) is 0 Å². The number of imidazole rings is 1. The van der Waals surface area contributed by atoms with Crippen molar-refractivity contribution in [2.75, 3.05) is 18.5 Å². The SMILES string of the molecule is Cn1ccnc1CCNc1cnn(CCO)c(=O)c1Br.